The van der Waals surface area contributed by atoms with Crippen molar-refractivity contribution in [3.8, 4) is 0 Å². The van der Waals surface area contributed by atoms with Crippen molar-refractivity contribution >= 4 is 5.91 Å². The summed E-state index contributed by atoms with van der Waals surface area (Å²) in [5.74, 6) is -0.155. The lowest BCUT2D eigenvalue weighted by Gasteiger charge is -2.26. The van der Waals surface area contributed by atoms with E-state index in [9.17, 15) is 20.1 Å². The van der Waals surface area contributed by atoms with Crippen LogP contribution in [0.25, 0.3) is 0 Å². The first-order valence-electron chi connectivity index (χ1n) is 27.3. The molecule has 5 nitrogen and oxygen atoms in total. The van der Waals surface area contributed by atoms with Crippen LogP contribution in [-0.4, -0.2) is 46.1 Å². The summed E-state index contributed by atoms with van der Waals surface area (Å²) in [7, 11) is 0. The molecule has 0 aliphatic carbocycles. The zero-order valence-corrected chi connectivity index (χ0v) is 41.1. The summed E-state index contributed by atoms with van der Waals surface area (Å²) >= 11 is 0. The van der Waals surface area contributed by atoms with Gasteiger partial charge >= 0.3 is 0 Å². The van der Waals surface area contributed by atoms with Crippen molar-refractivity contribution < 1.29 is 20.1 Å². The fourth-order valence-corrected chi connectivity index (χ4v) is 8.47. The van der Waals surface area contributed by atoms with Gasteiger partial charge in [0.1, 0.15) is 6.10 Å². The van der Waals surface area contributed by atoms with E-state index in [1.807, 2.05) is 0 Å². The number of aliphatic hydroxyl groups is 3. The number of aliphatic hydroxyl groups excluding tert-OH is 3. The van der Waals surface area contributed by atoms with Crippen LogP contribution in [0.4, 0.5) is 0 Å². The summed E-state index contributed by atoms with van der Waals surface area (Å²) < 4.78 is 0. The molecule has 0 radical (unpaired) electrons. The van der Waals surface area contributed by atoms with Crippen LogP contribution in [0.5, 0.6) is 0 Å². The average Bonchev–Trinajstić information content (AvgIpc) is 3.26. The first-order chi connectivity index (χ1) is 30.1. The monoisotopic (exact) mass is 858 g/mol. The molecule has 1 amide bonds. The number of carbonyl (C=O) groups excluding carboxylic acids is 1. The molecule has 0 fully saturated rings. The molecule has 4 N–H and O–H groups in total. The average molecular weight is 858 g/mol. The lowest BCUT2D eigenvalue weighted by molar-refractivity contribution is -0.124. The third kappa shape index (κ3) is 46.4. The Balaban J connectivity index is 3.54. The molecule has 0 aliphatic rings. The van der Waals surface area contributed by atoms with Crippen LogP contribution >= 0.6 is 0 Å². The molecule has 0 heterocycles. The van der Waals surface area contributed by atoms with E-state index in [0.717, 1.165) is 44.9 Å². The number of carbonyl (C=O) groups is 1. The minimum atomic E-state index is -1.17. The summed E-state index contributed by atoms with van der Waals surface area (Å²) in [6, 6.07) is -0.832. The van der Waals surface area contributed by atoms with E-state index >= 15 is 0 Å². The maximum Gasteiger partial charge on any atom is 0.220 e. The Labute approximate surface area is 381 Å². The van der Waals surface area contributed by atoms with E-state index in [0.29, 0.717) is 12.8 Å². The fraction of sp³-hybridized carbons (Fsp3) is 0.875. The minimum Gasteiger partial charge on any atom is -0.394 e. The Morgan fingerprint density at radius 1 is 0.393 bits per heavy atom. The number of amides is 1. The molecule has 3 unspecified atom stereocenters. The maximum atomic E-state index is 12.5. The first kappa shape index (κ1) is 59.6. The number of hydrogen-bond donors (Lipinski definition) is 4. The quantitative estimate of drug-likeness (QED) is 0.0362. The van der Waals surface area contributed by atoms with Crippen LogP contribution in [0.1, 0.15) is 290 Å². The van der Waals surface area contributed by atoms with Crippen LogP contribution < -0.4 is 5.32 Å². The predicted octanol–water partition coefficient (Wildman–Crippen LogP) is 16.7. The highest BCUT2D eigenvalue weighted by Gasteiger charge is 2.26. The van der Waals surface area contributed by atoms with Crippen LogP contribution in [0.15, 0.2) is 36.5 Å². The lowest BCUT2D eigenvalue weighted by atomic mass is 10.0. The van der Waals surface area contributed by atoms with Crippen molar-refractivity contribution in [3.63, 3.8) is 0 Å². The van der Waals surface area contributed by atoms with Gasteiger partial charge in [-0.25, -0.2) is 0 Å². The molecular formula is C56H107NO4. The molecule has 0 bridgehead atoms. The van der Waals surface area contributed by atoms with Gasteiger partial charge in [-0.05, 0) is 77.0 Å². The van der Waals surface area contributed by atoms with Gasteiger partial charge in [0.25, 0.3) is 0 Å². The van der Waals surface area contributed by atoms with Gasteiger partial charge in [0.05, 0.1) is 18.8 Å². The van der Waals surface area contributed by atoms with Gasteiger partial charge in [-0.2, -0.15) is 0 Å². The fourth-order valence-electron chi connectivity index (χ4n) is 8.47. The summed E-state index contributed by atoms with van der Waals surface area (Å²) in [6.45, 7) is 4.18. The van der Waals surface area contributed by atoms with Crippen molar-refractivity contribution in [2.24, 2.45) is 0 Å². The molecule has 5 heteroatoms. The molecule has 0 aliphatic heterocycles. The zero-order chi connectivity index (χ0) is 44.4. The highest BCUT2D eigenvalue weighted by molar-refractivity contribution is 5.76. The van der Waals surface area contributed by atoms with Crippen molar-refractivity contribution in [3.05, 3.63) is 36.5 Å². The summed E-state index contributed by atoms with van der Waals surface area (Å²) in [5, 5.41) is 33.6. The highest BCUT2D eigenvalue weighted by atomic mass is 16.3. The molecule has 0 aromatic heterocycles. The molecule has 0 rings (SSSR count). The maximum absolute atomic E-state index is 12.5. The molecule has 61 heavy (non-hydrogen) atoms. The highest BCUT2D eigenvalue weighted by Crippen LogP contribution is 2.17. The standard InChI is InChI=1S/C56H107NO4/c1-3-5-7-9-11-13-15-17-19-21-22-23-24-25-26-27-28-29-30-31-32-33-34-35-37-39-41-43-45-47-49-51-55(60)57-53(52-58)56(61)54(59)50-48-46-44-42-40-38-36-20-18-16-14-12-10-8-6-4-2/h20,25-26,36,42,44,53-54,56,58-59,61H,3-19,21-24,27-35,37-41,43,45-52H2,1-2H3,(H,57,60)/b26-25-,36-20+,44-42+. The number of hydrogen-bond acceptors (Lipinski definition) is 4. The first-order valence-corrected chi connectivity index (χ1v) is 27.3. The second-order valence-electron chi connectivity index (χ2n) is 18.8. The molecule has 3 atom stereocenters. The minimum absolute atomic E-state index is 0.155. The number of nitrogens with one attached hydrogen (secondary N) is 1. The molecule has 0 saturated carbocycles. The van der Waals surface area contributed by atoms with Gasteiger partial charge in [-0.3, -0.25) is 4.79 Å². The van der Waals surface area contributed by atoms with Crippen molar-refractivity contribution in [2.45, 2.75) is 308 Å². The molecular weight excluding hydrogens is 751 g/mol. The molecule has 0 saturated heterocycles. The van der Waals surface area contributed by atoms with Gasteiger partial charge in [0.15, 0.2) is 0 Å². The Hall–Kier alpha value is -1.43. The third-order valence-electron chi connectivity index (χ3n) is 12.7. The summed E-state index contributed by atoms with van der Waals surface area (Å²) in [4.78, 5) is 12.5. The van der Waals surface area contributed by atoms with Crippen molar-refractivity contribution in [1.29, 1.82) is 0 Å². The third-order valence-corrected chi connectivity index (χ3v) is 12.7. The van der Waals surface area contributed by atoms with Gasteiger partial charge in [-0.1, -0.05) is 243 Å². The molecule has 0 spiro atoms. The van der Waals surface area contributed by atoms with Gasteiger partial charge in [-0.15, -0.1) is 0 Å². The van der Waals surface area contributed by atoms with E-state index in [1.54, 1.807) is 0 Å². The Bertz CT molecular complexity index is 947. The predicted molar refractivity (Wildman–Crippen MR) is 268 cm³/mol. The summed E-state index contributed by atoms with van der Waals surface area (Å²) in [5.41, 5.74) is 0. The largest absolute Gasteiger partial charge is 0.394 e. The molecule has 360 valence electrons. The van der Waals surface area contributed by atoms with E-state index < -0.39 is 18.2 Å². The van der Waals surface area contributed by atoms with Gasteiger partial charge in [0, 0.05) is 6.42 Å². The normalized spacial score (nSPS) is 13.6. The van der Waals surface area contributed by atoms with Gasteiger partial charge < -0.3 is 20.6 Å². The van der Waals surface area contributed by atoms with Crippen molar-refractivity contribution in [1.82, 2.24) is 5.32 Å². The van der Waals surface area contributed by atoms with E-state index in [1.165, 1.54) is 218 Å². The van der Waals surface area contributed by atoms with Crippen LogP contribution in [0.3, 0.4) is 0 Å². The number of allylic oxidation sites excluding steroid dienone is 6. The van der Waals surface area contributed by atoms with Crippen LogP contribution in [0, 0.1) is 0 Å². The Morgan fingerprint density at radius 2 is 0.672 bits per heavy atom. The van der Waals surface area contributed by atoms with Crippen LogP contribution in [0.2, 0.25) is 0 Å². The summed E-state index contributed by atoms with van der Waals surface area (Å²) in [6.07, 6.45) is 65.9. The van der Waals surface area contributed by atoms with Gasteiger partial charge in [0.2, 0.25) is 5.91 Å². The van der Waals surface area contributed by atoms with Crippen LogP contribution in [-0.2, 0) is 4.79 Å². The van der Waals surface area contributed by atoms with E-state index in [2.05, 4.69) is 55.6 Å². The molecule has 0 aromatic carbocycles. The topological polar surface area (TPSA) is 89.8 Å². The zero-order valence-electron chi connectivity index (χ0n) is 41.1. The van der Waals surface area contributed by atoms with Crippen molar-refractivity contribution in [2.75, 3.05) is 6.61 Å². The van der Waals surface area contributed by atoms with E-state index in [4.69, 9.17) is 0 Å². The second kappa shape index (κ2) is 51.2. The Kier molecular flexibility index (Phi) is 50.0. The lowest BCUT2D eigenvalue weighted by Crippen LogP contribution is -2.50. The SMILES string of the molecule is CCCCCCCCC/C=C/CC/C=C/CCCC(O)C(O)C(CO)NC(=O)CCCCCCCCCCCCCCCCC/C=C\CCCCCCCCCCCCCC. The number of unbranched alkanes of at least 4 members (excludes halogenated alkanes) is 36. The smallest absolute Gasteiger partial charge is 0.220 e. The van der Waals surface area contributed by atoms with E-state index in [-0.39, 0.29) is 12.5 Å². The second-order valence-corrected chi connectivity index (χ2v) is 18.8. The Morgan fingerprint density at radius 3 is 1.00 bits per heavy atom. The molecule has 0 aromatic rings. The number of rotatable bonds is 50.